The van der Waals surface area contributed by atoms with E-state index in [9.17, 15) is 39.5 Å². The first-order chi connectivity index (χ1) is 32.9. The van der Waals surface area contributed by atoms with Crippen LogP contribution in [0.5, 0.6) is 23.0 Å². The van der Waals surface area contributed by atoms with Crippen LogP contribution in [-0.4, -0.2) is 102 Å². The highest BCUT2D eigenvalue weighted by Crippen LogP contribution is 2.43. The molecule has 2 amide bonds. The highest BCUT2D eigenvalue weighted by atomic mass is 33.1. The van der Waals surface area contributed by atoms with Crippen LogP contribution < -0.4 is 29.6 Å². The summed E-state index contributed by atoms with van der Waals surface area (Å²) < 4.78 is 34.5. The Morgan fingerprint density at radius 1 is 0.812 bits per heavy atom. The first kappa shape index (κ1) is 54.1. The topological polar surface area (TPSA) is 244 Å². The SMILES string of the molecule is C=C1CC(C(=O)c2cc(OC)c(OCCCCCOc3cc(NC(=O)OC(C)(C)C)c(C(=O)C4CC(=C)C[C@H]4CO)cc3OC)cc2NC(=O)OC[C@@H](C)SSc2ncccc2[N+](=O)[O-])[C@H](CO)C1. The molecule has 0 bridgehead atoms. The molecule has 5 atom stereocenters. The molecule has 20 heteroatoms. The van der Waals surface area contributed by atoms with Gasteiger partial charge in [-0.25, -0.2) is 14.6 Å². The Morgan fingerprint density at radius 3 is 1.78 bits per heavy atom. The average molecular weight is 995 g/mol. The molecule has 0 saturated heterocycles. The molecule has 0 spiro atoms. The Morgan fingerprint density at radius 2 is 1.32 bits per heavy atom. The summed E-state index contributed by atoms with van der Waals surface area (Å²) >= 11 is 0. The van der Waals surface area contributed by atoms with E-state index in [1.54, 1.807) is 27.7 Å². The maximum Gasteiger partial charge on any atom is 0.412 e. The molecule has 2 aromatic carbocycles. The highest BCUT2D eigenvalue weighted by molar-refractivity contribution is 8.77. The van der Waals surface area contributed by atoms with Gasteiger partial charge < -0.3 is 38.6 Å². The normalized spacial score (nSPS) is 18.3. The number of ether oxygens (including phenoxy) is 6. The van der Waals surface area contributed by atoms with Crippen molar-refractivity contribution in [1.29, 1.82) is 0 Å². The molecule has 4 N–H and O–H groups in total. The van der Waals surface area contributed by atoms with Crippen LogP contribution in [-0.2, 0) is 9.47 Å². The van der Waals surface area contributed by atoms with Crippen molar-refractivity contribution in [2.24, 2.45) is 23.7 Å². The number of methoxy groups -OCH3 is 2. The van der Waals surface area contributed by atoms with Crippen LogP contribution in [0.3, 0.4) is 0 Å². The lowest BCUT2D eigenvalue weighted by molar-refractivity contribution is -0.388. The molecule has 18 nitrogen and oxygen atoms in total. The van der Waals surface area contributed by atoms with Gasteiger partial charge in [0.1, 0.15) is 12.2 Å². The van der Waals surface area contributed by atoms with Crippen LogP contribution in [0.15, 0.2) is 71.9 Å². The van der Waals surface area contributed by atoms with Crippen LogP contribution in [0.25, 0.3) is 0 Å². The lowest BCUT2D eigenvalue weighted by atomic mass is 9.88. The Hall–Kier alpha value is -5.83. The fourth-order valence-corrected chi connectivity index (χ4v) is 10.1. The second-order valence-corrected chi connectivity index (χ2v) is 20.6. The number of carbonyl (C=O) groups is 4. The number of unbranched alkanes of at least 4 members (excludes halogenated alkanes) is 2. The van der Waals surface area contributed by atoms with E-state index in [4.69, 9.17) is 28.4 Å². The maximum atomic E-state index is 14.1. The van der Waals surface area contributed by atoms with Crippen LogP contribution >= 0.6 is 21.6 Å². The number of nitrogens with zero attached hydrogens (tertiary/aromatic N) is 2. The molecule has 2 saturated carbocycles. The summed E-state index contributed by atoms with van der Waals surface area (Å²) in [5, 5.41) is 36.8. The molecule has 0 radical (unpaired) electrons. The van der Waals surface area contributed by atoms with Gasteiger partial charge in [-0.3, -0.25) is 30.3 Å². The van der Waals surface area contributed by atoms with E-state index < -0.39 is 34.5 Å². The van der Waals surface area contributed by atoms with Crippen molar-refractivity contribution in [3.8, 4) is 23.0 Å². The van der Waals surface area contributed by atoms with Gasteiger partial charge in [0.05, 0.1) is 43.7 Å². The van der Waals surface area contributed by atoms with Gasteiger partial charge in [-0.15, -0.1) is 0 Å². The summed E-state index contributed by atoms with van der Waals surface area (Å²) in [5.74, 6) is -1.26. The molecule has 5 rings (SSSR count). The van der Waals surface area contributed by atoms with E-state index in [1.165, 1.54) is 67.6 Å². The average Bonchev–Trinajstić information content (AvgIpc) is 3.89. The number of hydrogen-bond acceptors (Lipinski definition) is 17. The third-order valence-corrected chi connectivity index (χ3v) is 14.2. The summed E-state index contributed by atoms with van der Waals surface area (Å²) in [6, 6.07) is 8.89. The molecule has 2 unspecified atom stereocenters. The number of aromatic nitrogens is 1. The largest absolute Gasteiger partial charge is 0.493 e. The van der Waals surface area contributed by atoms with E-state index in [0.717, 1.165) is 21.9 Å². The zero-order valence-corrected chi connectivity index (χ0v) is 41.5. The number of allylic oxidation sites excluding steroid dienone is 2. The van der Waals surface area contributed by atoms with Gasteiger partial charge in [-0.1, -0.05) is 35.1 Å². The quantitative estimate of drug-likeness (QED) is 0.0163. The van der Waals surface area contributed by atoms with Gasteiger partial charge in [0.15, 0.2) is 39.6 Å². The number of Topliss-reactive ketones (excluding diaryl/α,β-unsaturated/α-hetero) is 2. The van der Waals surface area contributed by atoms with Crippen molar-refractivity contribution in [1.82, 2.24) is 4.98 Å². The zero-order chi connectivity index (χ0) is 50.4. The molecule has 3 aromatic rings. The number of carbonyl (C=O) groups excluding carboxylic acids is 4. The number of anilines is 2. The molecule has 1 aromatic heterocycles. The minimum atomic E-state index is -0.850. The van der Waals surface area contributed by atoms with Crippen molar-refractivity contribution >= 4 is 62.4 Å². The number of ketones is 2. The van der Waals surface area contributed by atoms with E-state index in [2.05, 4.69) is 28.8 Å². The smallest absolute Gasteiger partial charge is 0.412 e. The summed E-state index contributed by atoms with van der Waals surface area (Å²) in [7, 11) is 5.22. The first-order valence-corrected chi connectivity index (χ1v) is 24.8. The minimum absolute atomic E-state index is 0.0728. The predicted octanol–water partition coefficient (Wildman–Crippen LogP) is 9.87. The van der Waals surface area contributed by atoms with Gasteiger partial charge >= 0.3 is 17.9 Å². The molecule has 374 valence electrons. The third-order valence-electron chi connectivity index (χ3n) is 11.4. The maximum absolute atomic E-state index is 14.1. The fourth-order valence-electron chi connectivity index (χ4n) is 8.06. The van der Waals surface area contributed by atoms with Crippen molar-refractivity contribution in [2.75, 3.05) is 57.9 Å². The van der Waals surface area contributed by atoms with Gasteiger partial charge in [0, 0.05) is 65.8 Å². The standard InChI is InChI=1S/C49H62N4O14S2/c1-28-17-31(25-54)33(19-28)44(56)35-21-40(62-7)42(23-37(35)51-47(58)66-27-30(3)68-69-46-39(53(60)61)13-12-14-50-46)64-15-10-9-11-16-65-43-24-38(52-48(59)67-49(4,5)6)36(22-41(43)63-8)45(57)34-20-29(2)18-32(34)26-55/h12-14,21-24,30-34,54-55H,1-2,9-11,15-20,25-27H2,3-8H3,(H,51,58)(H,52,59)/t30-,31+,32+,33?,34?/m1/s1. The van der Waals surface area contributed by atoms with Gasteiger partial charge in [0.25, 0.3) is 0 Å². The highest BCUT2D eigenvalue weighted by Gasteiger charge is 2.38. The lowest BCUT2D eigenvalue weighted by Crippen LogP contribution is -2.28. The van der Waals surface area contributed by atoms with E-state index >= 15 is 0 Å². The first-order valence-electron chi connectivity index (χ1n) is 22.6. The van der Waals surface area contributed by atoms with Crippen LogP contribution in [0.1, 0.15) is 93.4 Å². The Balaban J connectivity index is 1.24. The number of rotatable bonds is 24. The Kier molecular flexibility index (Phi) is 19.7. The summed E-state index contributed by atoms with van der Waals surface area (Å²) in [6.45, 7) is 15.0. The van der Waals surface area contributed by atoms with E-state index in [0.29, 0.717) is 50.7 Å². The molecule has 2 fully saturated rings. The van der Waals surface area contributed by atoms with Crippen LogP contribution in [0.2, 0.25) is 0 Å². The van der Waals surface area contributed by atoms with Gasteiger partial charge in [0.2, 0.25) is 0 Å². The molecule has 0 aliphatic heterocycles. The van der Waals surface area contributed by atoms with Crippen molar-refractivity contribution < 1.29 is 62.7 Å². The number of amides is 2. The second kappa shape index (κ2) is 25.2. The number of nitrogens with one attached hydrogen (secondary N) is 2. The van der Waals surface area contributed by atoms with Crippen LogP contribution in [0, 0.1) is 33.8 Å². The number of aliphatic hydroxyl groups excluding tert-OH is 2. The lowest BCUT2D eigenvalue weighted by Gasteiger charge is -2.23. The zero-order valence-electron chi connectivity index (χ0n) is 39.8. The Bertz CT molecular complexity index is 2370. The summed E-state index contributed by atoms with van der Waals surface area (Å²) in [4.78, 5) is 69.2. The van der Waals surface area contributed by atoms with Crippen LogP contribution in [0.4, 0.5) is 26.7 Å². The summed E-state index contributed by atoms with van der Waals surface area (Å²) in [5.41, 5.74) is 1.40. The van der Waals surface area contributed by atoms with Crippen molar-refractivity contribution in [3.63, 3.8) is 0 Å². The molecule has 2 aliphatic rings. The molecular weight excluding hydrogens is 933 g/mol. The second-order valence-electron chi connectivity index (χ2n) is 17.9. The molecule has 2 aliphatic carbocycles. The van der Waals surface area contributed by atoms with Crippen molar-refractivity contribution in [3.05, 3.63) is 88.1 Å². The third kappa shape index (κ3) is 15.1. The number of pyridine rings is 1. The number of benzene rings is 2. The fraction of sp³-hybridized carbons (Fsp3) is 0.490. The van der Waals surface area contributed by atoms with Crippen molar-refractivity contribution in [2.45, 2.75) is 88.5 Å². The molecule has 1 heterocycles. The number of nitro groups is 1. The number of aliphatic hydroxyl groups is 2. The molecule has 69 heavy (non-hydrogen) atoms. The minimum Gasteiger partial charge on any atom is -0.493 e. The van der Waals surface area contributed by atoms with Gasteiger partial charge in [-0.2, -0.15) is 0 Å². The molecular formula is C49H62N4O14S2. The number of hydrogen-bond donors (Lipinski definition) is 4. The van der Waals surface area contributed by atoms with Gasteiger partial charge in [-0.05, 0) is 113 Å². The van der Waals surface area contributed by atoms with E-state index in [-0.39, 0.29) is 112 Å². The summed E-state index contributed by atoms with van der Waals surface area (Å²) in [6.07, 6.45) is 3.44. The monoisotopic (exact) mass is 994 g/mol. The Labute approximate surface area is 409 Å². The van der Waals surface area contributed by atoms with E-state index in [1.807, 2.05) is 0 Å². The predicted molar refractivity (Wildman–Crippen MR) is 263 cm³/mol.